The summed E-state index contributed by atoms with van der Waals surface area (Å²) in [5.41, 5.74) is 1.04. The van der Waals surface area contributed by atoms with Gasteiger partial charge in [0.15, 0.2) is 0 Å². The molecule has 1 aliphatic heterocycles. The van der Waals surface area contributed by atoms with Gasteiger partial charge in [-0.15, -0.1) is 0 Å². The van der Waals surface area contributed by atoms with Crippen molar-refractivity contribution in [3.8, 4) is 11.8 Å². The van der Waals surface area contributed by atoms with Crippen molar-refractivity contribution in [1.82, 2.24) is 4.31 Å². The Labute approximate surface area is 114 Å². The van der Waals surface area contributed by atoms with Crippen LogP contribution in [0.25, 0.3) is 0 Å². The van der Waals surface area contributed by atoms with Crippen LogP contribution in [0.2, 0.25) is 0 Å². The number of sulfonamides is 1. The largest absolute Gasteiger partial charge is 0.369 e. The van der Waals surface area contributed by atoms with E-state index in [1.807, 2.05) is 6.92 Å². The number of hydrogen-bond donors (Lipinski definition) is 0. The topological polar surface area (TPSA) is 46.6 Å². The Morgan fingerprint density at radius 1 is 1.21 bits per heavy atom. The lowest BCUT2D eigenvalue weighted by atomic mass is 10.2. The molecule has 0 saturated heterocycles. The van der Waals surface area contributed by atoms with E-state index in [0.717, 1.165) is 5.56 Å². The van der Waals surface area contributed by atoms with Crippen molar-refractivity contribution in [2.75, 3.05) is 26.3 Å². The van der Waals surface area contributed by atoms with Crippen molar-refractivity contribution in [2.24, 2.45) is 0 Å². The quantitative estimate of drug-likeness (QED) is 0.769. The molecular formula is C14H17NO3S. The first-order valence-electron chi connectivity index (χ1n) is 6.21. The molecule has 1 aromatic rings. The van der Waals surface area contributed by atoms with E-state index in [1.54, 1.807) is 24.3 Å². The minimum Gasteiger partial charge on any atom is -0.369 e. The van der Waals surface area contributed by atoms with Crippen molar-refractivity contribution in [1.29, 1.82) is 0 Å². The van der Waals surface area contributed by atoms with Gasteiger partial charge in [-0.1, -0.05) is 29.5 Å². The molecule has 4 nitrogen and oxygen atoms in total. The second kappa shape index (κ2) is 6.20. The Bertz CT molecular complexity index is 581. The first kappa shape index (κ1) is 14.1. The molecule has 0 amide bonds. The monoisotopic (exact) mass is 279 g/mol. The van der Waals surface area contributed by atoms with E-state index in [-0.39, 0.29) is 6.54 Å². The van der Waals surface area contributed by atoms with E-state index in [1.165, 1.54) is 4.31 Å². The smallest absolute Gasteiger partial charge is 0.243 e. The van der Waals surface area contributed by atoms with Crippen molar-refractivity contribution in [3.05, 3.63) is 29.8 Å². The highest BCUT2D eigenvalue weighted by Gasteiger charge is 2.23. The maximum atomic E-state index is 12.5. The fourth-order valence-corrected chi connectivity index (χ4v) is 3.19. The molecule has 0 fully saturated rings. The lowest BCUT2D eigenvalue weighted by Gasteiger charge is -2.19. The zero-order valence-corrected chi connectivity index (χ0v) is 11.7. The molecule has 0 saturated carbocycles. The molecule has 102 valence electrons. The predicted octanol–water partition coefficient (Wildman–Crippen LogP) is 1.41. The van der Waals surface area contributed by atoms with Gasteiger partial charge in [-0.05, 0) is 25.5 Å². The summed E-state index contributed by atoms with van der Waals surface area (Å²) in [6.07, 6.45) is 0.675. The van der Waals surface area contributed by atoms with Crippen LogP contribution in [0.4, 0.5) is 0 Å². The lowest BCUT2D eigenvalue weighted by Crippen LogP contribution is -2.32. The third-order valence-corrected chi connectivity index (χ3v) is 4.77. The maximum Gasteiger partial charge on any atom is 0.243 e. The van der Waals surface area contributed by atoms with Crippen LogP contribution in [-0.4, -0.2) is 39.0 Å². The molecule has 0 aromatic heterocycles. The van der Waals surface area contributed by atoms with Crippen LogP contribution in [0.3, 0.4) is 0 Å². The van der Waals surface area contributed by atoms with Gasteiger partial charge in [0.25, 0.3) is 0 Å². The summed E-state index contributed by atoms with van der Waals surface area (Å²) < 4.78 is 31.6. The summed E-state index contributed by atoms with van der Waals surface area (Å²) in [7, 11) is -3.46. The standard InChI is InChI=1S/C14H17NO3S/c1-13-5-7-14(8-6-13)19(16,17)15-9-2-3-11-18-12-4-10-15/h5-8H,4,9-12H2,1H3. The van der Waals surface area contributed by atoms with Gasteiger partial charge in [0.1, 0.15) is 6.61 Å². The Morgan fingerprint density at radius 3 is 2.68 bits per heavy atom. The third-order valence-electron chi connectivity index (χ3n) is 2.91. The van der Waals surface area contributed by atoms with Crippen LogP contribution >= 0.6 is 0 Å². The molecule has 0 bridgehead atoms. The second-order valence-corrected chi connectivity index (χ2v) is 6.35. The van der Waals surface area contributed by atoms with E-state index in [4.69, 9.17) is 4.74 Å². The van der Waals surface area contributed by atoms with Crippen molar-refractivity contribution in [2.45, 2.75) is 18.2 Å². The molecule has 1 aromatic carbocycles. The molecule has 0 N–H and O–H groups in total. The molecule has 0 radical (unpaired) electrons. The van der Waals surface area contributed by atoms with Gasteiger partial charge in [-0.3, -0.25) is 0 Å². The summed E-state index contributed by atoms with van der Waals surface area (Å²) in [6, 6.07) is 6.89. The van der Waals surface area contributed by atoms with E-state index in [0.29, 0.717) is 31.1 Å². The van der Waals surface area contributed by atoms with E-state index < -0.39 is 10.0 Å². The number of aryl methyl sites for hydroxylation is 1. The van der Waals surface area contributed by atoms with E-state index >= 15 is 0 Å². The lowest BCUT2D eigenvalue weighted by molar-refractivity contribution is 0.161. The van der Waals surface area contributed by atoms with Gasteiger partial charge in [0.05, 0.1) is 11.4 Å². The molecule has 19 heavy (non-hydrogen) atoms. The Morgan fingerprint density at radius 2 is 1.95 bits per heavy atom. The molecular weight excluding hydrogens is 262 g/mol. The SMILES string of the molecule is Cc1ccc(S(=O)(=O)N2CC#CCOCCC2)cc1. The number of ether oxygens (including phenoxy) is 1. The molecule has 1 heterocycles. The van der Waals surface area contributed by atoms with Crippen LogP contribution in [-0.2, 0) is 14.8 Å². The normalized spacial score (nSPS) is 17.7. The van der Waals surface area contributed by atoms with Gasteiger partial charge >= 0.3 is 0 Å². The van der Waals surface area contributed by atoms with Gasteiger partial charge in [0.2, 0.25) is 10.0 Å². The molecule has 0 aliphatic carbocycles. The average molecular weight is 279 g/mol. The minimum absolute atomic E-state index is 0.222. The first-order valence-corrected chi connectivity index (χ1v) is 7.65. The zero-order valence-electron chi connectivity index (χ0n) is 10.9. The van der Waals surface area contributed by atoms with Crippen LogP contribution in [0.5, 0.6) is 0 Å². The maximum absolute atomic E-state index is 12.5. The number of rotatable bonds is 2. The van der Waals surface area contributed by atoms with Crippen molar-refractivity contribution in [3.63, 3.8) is 0 Å². The van der Waals surface area contributed by atoms with Gasteiger partial charge in [-0.2, -0.15) is 4.31 Å². The van der Waals surface area contributed by atoms with Crippen LogP contribution < -0.4 is 0 Å². The Balaban J connectivity index is 2.25. The summed E-state index contributed by atoms with van der Waals surface area (Å²) >= 11 is 0. The molecule has 2 rings (SSSR count). The van der Waals surface area contributed by atoms with Crippen molar-refractivity contribution >= 4 is 10.0 Å². The molecule has 0 spiro atoms. The summed E-state index contributed by atoms with van der Waals surface area (Å²) in [4.78, 5) is 0.320. The van der Waals surface area contributed by atoms with Gasteiger partial charge in [-0.25, -0.2) is 8.42 Å². The second-order valence-electron chi connectivity index (χ2n) is 4.41. The van der Waals surface area contributed by atoms with E-state index in [9.17, 15) is 8.42 Å². The third kappa shape index (κ3) is 3.57. The fraction of sp³-hybridized carbons (Fsp3) is 0.429. The molecule has 1 aliphatic rings. The average Bonchev–Trinajstić information content (AvgIpc) is 2.52. The summed E-state index contributed by atoms with van der Waals surface area (Å²) in [5.74, 6) is 5.65. The minimum atomic E-state index is -3.46. The van der Waals surface area contributed by atoms with Crippen LogP contribution in [0.15, 0.2) is 29.2 Å². The fourth-order valence-electron chi connectivity index (χ4n) is 1.80. The Kier molecular flexibility index (Phi) is 4.59. The number of benzene rings is 1. The molecule has 0 unspecified atom stereocenters. The zero-order chi connectivity index (χ0) is 13.7. The first-order chi connectivity index (χ1) is 9.10. The molecule has 5 heteroatoms. The number of hydrogen-bond acceptors (Lipinski definition) is 3. The predicted molar refractivity (Wildman–Crippen MR) is 73.1 cm³/mol. The summed E-state index contributed by atoms with van der Waals surface area (Å²) in [6.45, 7) is 3.50. The van der Waals surface area contributed by atoms with E-state index in [2.05, 4.69) is 11.8 Å². The highest BCUT2D eigenvalue weighted by Crippen LogP contribution is 2.16. The van der Waals surface area contributed by atoms with Crippen LogP contribution in [0, 0.1) is 18.8 Å². The van der Waals surface area contributed by atoms with Crippen molar-refractivity contribution < 1.29 is 13.2 Å². The van der Waals surface area contributed by atoms with Gasteiger partial charge < -0.3 is 4.74 Å². The summed E-state index contributed by atoms with van der Waals surface area (Å²) in [5, 5.41) is 0. The highest BCUT2D eigenvalue weighted by molar-refractivity contribution is 7.89. The highest BCUT2D eigenvalue weighted by atomic mass is 32.2. The number of nitrogens with zero attached hydrogens (tertiary/aromatic N) is 1. The molecule has 0 atom stereocenters. The van der Waals surface area contributed by atoms with Crippen LogP contribution in [0.1, 0.15) is 12.0 Å². The Hall–Kier alpha value is -1.35. The van der Waals surface area contributed by atoms with Gasteiger partial charge in [0, 0.05) is 13.2 Å².